The van der Waals surface area contributed by atoms with Gasteiger partial charge in [0.2, 0.25) is 0 Å². The Kier molecular flexibility index (Phi) is 6.12. The first-order chi connectivity index (χ1) is 12.9. The van der Waals surface area contributed by atoms with Crippen LogP contribution in [-0.4, -0.2) is 23.3 Å². The van der Waals surface area contributed by atoms with Crippen LogP contribution in [0.3, 0.4) is 0 Å². The normalized spacial score (nSPS) is 13.2. The zero-order valence-electron chi connectivity index (χ0n) is 18.0. The molecule has 2 aromatic rings. The fourth-order valence-electron chi connectivity index (χ4n) is 4.04. The van der Waals surface area contributed by atoms with Gasteiger partial charge in [0.15, 0.2) is 0 Å². The van der Waals surface area contributed by atoms with Crippen molar-refractivity contribution < 1.29 is 19.7 Å². The number of hydrogen-bond donors (Lipinski definition) is 2. The van der Waals surface area contributed by atoms with E-state index in [1.54, 1.807) is 13.2 Å². The largest absolute Gasteiger partial charge is 0.507 e. The van der Waals surface area contributed by atoms with Crippen molar-refractivity contribution in [3.05, 3.63) is 58.7 Å². The monoisotopic (exact) mass is 384 g/mol. The maximum atomic E-state index is 11.8. The SMILES string of the molecule is COc1ccc(C(C)c2cc(C(C)(C)CC(C)(C)C)cc(C(=O)O)c2O)cc1. The molecule has 2 rings (SSSR count). The van der Waals surface area contributed by atoms with Crippen LogP contribution in [0, 0.1) is 5.41 Å². The fourth-order valence-corrected chi connectivity index (χ4v) is 4.04. The Morgan fingerprint density at radius 2 is 1.64 bits per heavy atom. The van der Waals surface area contributed by atoms with Gasteiger partial charge in [-0.25, -0.2) is 4.79 Å². The Hall–Kier alpha value is -2.49. The lowest BCUT2D eigenvalue weighted by Gasteiger charge is -2.34. The van der Waals surface area contributed by atoms with Crippen LogP contribution in [0.1, 0.15) is 80.9 Å². The molecule has 1 atom stereocenters. The summed E-state index contributed by atoms with van der Waals surface area (Å²) in [6, 6.07) is 11.2. The van der Waals surface area contributed by atoms with Crippen LogP contribution in [0.4, 0.5) is 0 Å². The van der Waals surface area contributed by atoms with E-state index in [-0.39, 0.29) is 28.1 Å². The van der Waals surface area contributed by atoms with Gasteiger partial charge in [0.1, 0.15) is 17.1 Å². The third-order valence-electron chi connectivity index (χ3n) is 5.21. The summed E-state index contributed by atoms with van der Waals surface area (Å²) in [5.74, 6) is -0.680. The highest BCUT2D eigenvalue weighted by molar-refractivity contribution is 5.91. The Balaban J connectivity index is 2.59. The molecular formula is C24H32O4. The van der Waals surface area contributed by atoms with Gasteiger partial charge in [0.05, 0.1) is 7.11 Å². The number of rotatable bonds is 6. The number of ether oxygens (including phenoxy) is 1. The van der Waals surface area contributed by atoms with Crippen molar-refractivity contribution >= 4 is 5.97 Å². The second kappa shape index (κ2) is 7.86. The fraction of sp³-hybridized carbons (Fsp3) is 0.458. The average Bonchev–Trinajstić information content (AvgIpc) is 2.59. The molecule has 0 spiro atoms. The van der Waals surface area contributed by atoms with Crippen LogP contribution >= 0.6 is 0 Å². The lowest BCUT2D eigenvalue weighted by molar-refractivity contribution is 0.0693. The van der Waals surface area contributed by atoms with Crippen LogP contribution in [0.5, 0.6) is 11.5 Å². The molecule has 0 heterocycles. The molecule has 0 fully saturated rings. The van der Waals surface area contributed by atoms with E-state index in [9.17, 15) is 15.0 Å². The lowest BCUT2D eigenvalue weighted by atomic mass is 9.71. The quantitative estimate of drug-likeness (QED) is 0.644. The van der Waals surface area contributed by atoms with Gasteiger partial charge in [-0.3, -0.25) is 0 Å². The van der Waals surface area contributed by atoms with E-state index >= 15 is 0 Å². The van der Waals surface area contributed by atoms with Crippen LogP contribution in [0.15, 0.2) is 36.4 Å². The van der Waals surface area contributed by atoms with Gasteiger partial charge >= 0.3 is 5.97 Å². The Labute approximate surface area is 168 Å². The summed E-state index contributed by atoms with van der Waals surface area (Å²) < 4.78 is 5.21. The Morgan fingerprint density at radius 1 is 1.07 bits per heavy atom. The highest BCUT2D eigenvalue weighted by Crippen LogP contribution is 2.41. The highest BCUT2D eigenvalue weighted by atomic mass is 16.5. The summed E-state index contributed by atoms with van der Waals surface area (Å²) in [5.41, 5.74) is 2.35. The Morgan fingerprint density at radius 3 is 2.11 bits per heavy atom. The van der Waals surface area contributed by atoms with E-state index in [2.05, 4.69) is 34.6 Å². The maximum absolute atomic E-state index is 11.8. The van der Waals surface area contributed by atoms with Gasteiger partial charge < -0.3 is 14.9 Å². The van der Waals surface area contributed by atoms with Crippen molar-refractivity contribution in [2.45, 2.75) is 59.3 Å². The minimum absolute atomic E-state index is 0.0464. The zero-order chi connectivity index (χ0) is 21.3. The van der Waals surface area contributed by atoms with Crippen molar-refractivity contribution in [2.24, 2.45) is 5.41 Å². The zero-order valence-corrected chi connectivity index (χ0v) is 18.0. The van der Waals surface area contributed by atoms with Crippen LogP contribution in [0.25, 0.3) is 0 Å². The molecule has 0 amide bonds. The second-order valence-electron chi connectivity index (χ2n) is 9.38. The van der Waals surface area contributed by atoms with Gasteiger partial charge in [-0.2, -0.15) is 0 Å². The van der Waals surface area contributed by atoms with Gasteiger partial charge in [-0.15, -0.1) is 0 Å². The van der Waals surface area contributed by atoms with Crippen molar-refractivity contribution in [1.29, 1.82) is 0 Å². The van der Waals surface area contributed by atoms with Gasteiger partial charge in [-0.1, -0.05) is 59.7 Å². The van der Waals surface area contributed by atoms with Crippen molar-refractivity contribution in [3.8, 4) is 11.5 Å². The number of carboxylic acid groups (broad SMARTS) is 1. The number of aromatic hydroxyl groups is 1. The number of benzene rings is 2. The molecule has 0 aliphatic heterocycles. The number of hydrogen-bond acceptors (Lipinski definition) is 3. The van der Waals surface area contributed by atoms with Crippen molar-refractivity contribution in [1.82, 2.24) is 0 Å². The number of carboxylic acids is 1. The topological polar surface area (TPSA) is 66.8 Å². The average molecular weight is 385 g/mol. The second-order valence-corrected chi connectivity index (χ2v) is 9.38. The molecule has 0 radical (unpaired) electrons. The van der Waals surface area contributed by atoms with Crippen LogP contribution in [0.2, 0.25) is 0 Å². The lowest BCUT2D eigenvalue weighted by Crippen LogP contribution is -2.25. The minimum atomic E-state index is -1.12. The highest BCUT2D eigenvalue weighted by Gasteiger charge is 2.30. The molecule has 0 saturated carbocycles. The van der Waals surface area contributed by atoms with E-state index < -0.39 is 5.97 Å². The first kappa shape index (κ1) is 21.8. The van der Waals surface area contributed by atoms with E-state index in [1.807, 2.05) is 37.3 Å². The first-order valence-corrected chi connectivity index (χ1v) is 9.60. The van der Waals surface area contributed by atoms with E-state index in [0.29, 0.717) is 5.56 Å². The Bertz CT molecular complexity index is 842. The smallest absolute Gasteiger partial charge is 0.339 e. The molecular weight excluding hydrogens is 352 g/mol. The molecule has 4 nitrogen and oxygen atoms in total. The molecule has 0 aromatic heterocycles. The predicted molar refractivity (Wildman–Crippen MR) is 113 cm³/mol. The molecule has 0 saturated heterocycles. The number of methoxy groups -OCH3 is 1. The van der Waals surface area contributed by atoms with E-state index in [4.69, 9.17) is 4.74 Å². The third-order valence-corrected chi connectivity index (χ3v) is 5.21. The summed E-state index contributed by atoms with van der Waals surface area (Å²) in [6.45, 7) is 12.7. The van der Waals surface area contributed by atoms with Gasteiger partial charge in [0, 0.05) is 11.5 Å². The molecule has 2 aromatic carbocycles. The third kappa shape index (κ3) is 4.86. The summed E-state index contributed by atoms with van der Waals surface area (Å²) in [5, 5.41) is 20.4. The van der Waals surface area contributed by atoms with Crippen LogP contribution < -0.4 is 4.74 Å². The molecule has 0 bridgehead atoms. The molecule has 4 heteroatoms. The van der Waals surface area contributed by atoms with Crippen LogP contribution in [-0.2, 0) is 5.41 Å². The first-order valence-electron chi connectivity index (χ1n) is 9.60. The number of aromatic carboxylic acids is 1. The molecule has 28 heavy (non-hydrogen) atoms. The molecule has 152 valence electrons. The molecule has 0 aliphatic rings. The number of carbonyl (C=O) groups is 1. The van der Waals surface area contributed by atoms with Gasteiger partial charge in [0.25, 0.3) is 0 Å². The van der Waals surface area contributed by atoms with Crippen molar-refractivity contribution in [3.63, 3.8) is 0 Å². The standard InChI is InChI=1S/C24H32O4/c1-15(16-8-10-18(28-7)11-9-16)19-12-17(13-20(21(19)25)22(26)27)24(5,6)14-23(2,3)4/h8-13,15,25H,14H2,1-7H3,(H,26,27). The predicted octanol–water partition coefficient (Wildman–Crippen LogP) is 5.96. The van der Waals surface area contributed by atoms with Gasteiger partial charge in [-0.05, 0) is 46.6 Å². The summed E-state index contributed by atoms with van der Waals surface area (Å²) in [4.78, 5) is 11.8. The summed E-state index contributed by atoms with van der Waals surface area (Å²) in [6.07, 6.45) is 0.889. The summed E-state index contributed by atoms with van der Waals surface area (Å²) in [7, 11) is 1.62. The molecule has 2 N–H and O–H groups in total. The maximum Gasteiger partial charge on any atom is 0.339 e. The summed E-state index contributed by atoms with van der Waals surface area (Å²) >= 11 is 0. The molecule has 0 aliphatic carbocycles. The molecule has 1 unspecified atom stereocenters. The van der Waals surface area contributed by atoms with Crippen molar-refractivity contribution in [2.75, 3.05) is 7.11 Å². The minimum Gasteiger partial charge on any atom is -0.507 e. The van der Waals surface area contributed by atoms with E-state index in [0.717, 1.165) is 23.3 Å². The van der Waals surface area contributed by atoms with E-state index in [1.165, 1.54) is 0 Å². The number of phenols is 1.